The van der Waals surface area contributed by atoms with Gasteiger partial charge in [-0.25, -0.2) is 15.0 Å². The molecule has 0 aromatic carbocycles. The topological polar surface area (TPSA) is 63.2 Å². The summed E-state index contributed by atoms with van der Waals surface area (Å²) in [4.78, 5) is 15.8. The number of rotatable bonds is 6. The third kappa shape index (κ3) is 4.87. The van der Waals surface area contributed by atoms with Crippen LogP contribution in [0.1, 0.15) is 38.0 Å². The molecule has 0 aliphatic rings. The van der Waals surface area contributed by atoms with Gasteiger partial charge in [0.15, 0.2) is 5.13 Å². The lowest BCUT2D eigenvalue weighted by molar-refractivity contribution is 0.181. The van der Waals surface area contributed by atoms with Gasteiger partial charge in [0.1, 0.15) is 11.6 Å². The van der Waals surface area contributed by atoms with E-state index >= 15 is 0 Å². The molecule has 0 atom stereocenters. The molecule has 0 unspecified atom stereocenters. The zero-order valence-corrected chi connectivity index (χ0v) is 15.5. The molecule has 0 saturated heterocycles. The average molecular weight is 335 g/mol. The maximum Gasteiger partial charge on any atom is 0.185 e. The lowest BCUT2D eigenvalue weighted by Gasteiger charge is -2.18. The first-order chi connectivity index (χ1) is 10.8. The SMILES string of the molecule is COCc1cc(NCc2csc(N(C)C)n2)nc(C(C)(C)C)n1. The number of thiazole rings is 1. The first kappa shape index (κ1) is 17.6. The van der Waals surface area contributed by atoms with Gasteiger partial charge in [-0.15, -0.1) is 11.3 Å². The summed E-state index contributed by atoms with van der Waals surface area (Å²) in [5, 5.41) is 6.40. The molecule has 2 rings (SSSR count). The van der Waals surface area contributed by atoms with Crippen LogP contribution in [0, 0.1) is 0 Å². The predicted molar refractivity (Wildman–Crippen MR) is 95.2 cm³/mol. The Balaban J connectivity index is 2.15. The van der Waals surface area contributed by atoms with Gasteiger partial charge in [0, 0.05) is 38.1 Å². The summed E-state index contributed by atoms with van der Waals surface area (Å²) in [6.07, 6.45) is 0. The van der Waals surface area contributed by atoms with Crippen LogP contribution in [0.4, 0.5) is 10.9 Å². The molecular formula is C16H25N5OS. The second-order valence-corrected chi connectivity index (χ2v) is 7.46. The number of ether oxygens (including phenoxy) is 1. The van der Waals surface area contributed by atoms with Crippen LogP contribution in [0.25, 0.3) is 0 Å². The van der Waals surface area contributed by atoms with Gasteiger partial charge >= 0.3 is 0 Å². The van der Waals surface area contributed by atoms with E-state index in [1.54, 1.807) is 18.4 Å². The molecule has 6 nitrogen and oxygen atoms in total. The third-order valence-corrected chi connectivity index (χ3v) is 4.17. The van der Waals surface area contributed by atoms with Crippen LogP contribution < -0.4 is 10.2 Å². The summed E-state index contributed by atoms with van der Waals surface area (Å²) in [7, 11) is 5.66. The van der Waals surface area contributed by atoms with E-state index in [1.807, 2.05) is 25.1 Å². The summed E-state index contributed by atoms with van der Waals surface area (Å²) in [6.45, 7) is 7.42. The fourth-order valence-corrected chi connectivity index (χ4v) is 2.67. The van der Waals surface area contributed by atoms with Crippen molar-refractivity contribution >= 4 is 22.3 Å². The quantitative estimate of drug-likeness (QED) is 0.875. The average Bonchev–Trinajstić information content (AvgIpc) is 2.93. The lowest BCUT2D eigenvalue weighted by atomic mass is 9.95. The number of anilines is 2. The van der Waals surface area contributed by atoms with Crippen molar-refractivity contribution in [1.82, 2.24) is 15.0 Å². The van der Waals surface area contributed by atoms with Gasteiger partial charge in [-0.05, 0) is 0 Å². The zero-order chi connectivity index (χ0) is 17.0. The normalized spacial score (nSPS) is 11.6. The fraction of sp³-hybridized carbons (Fsp3) is 0.562. The number of hydrogen-bond donors (Lipinski definition) is 1. The van der Waals surface area contributed by atoms with Crippen molar-refractivity contribution in [3.05, 3.63) is 28.7 Å². The maximum atomic E-state index is 5.21. The van der Waals surface area contributed by atoms with Crippen molar-refractivity contribution in [1.29, 1.82) is 0 Å². The molecule has 0 amide bonds. The molecule has 0 saturated carbocycles. The van der Waals surface area contributed by atoms with Crippen LogP contribution in [0.5, 0.6) is 0 Å². The molecular weight excluding hydrogens is 310 g/mol. The molecule has 1 N–H and O–H groups in total. The van der Waals surface area contributed by atoms with Crippen molar-refractivity contribution in [2.45, 2.75) is 39.3 Å². The standard InChI is InChI=1S/C16H25N5OS/c1-16(2,3)14-18-11(9-22-6)7-13(20-14)17-8-12-10-23-15(19-12)21(4)5/h7,10H,8-9H2,1-6H3,(H,17,18,20). The Kier molecular flexibility index (Phi) is 5.54. The van der Waals surface area contributed by atoms with Gasteiger partial charge in [-0.1, -0.05) is 20.8 Å². The Morgan fingerprint density at radius 2 is 1.91 bits per heavy atom. The van der Waals surface area contributed by atoms with E-state index < -0.39 is 0 Å². The van der Waals surface area contributed by atoms with E-state index in [9.17, 15) is 0 Å². The number of hydrogen-bond acceptors (Lipinski definition) is 7. The highest BCUT2D eigenvalue weighted by Gasteiger charge is 2.19. The summed E-state index contributed by atoms with van der Waals surface area (Å²) >= 11 is 1.63. The van der Waals surface area contributed by atoms with E-state index in [0.717, 1.165) is 28.2 Å². The van der Waals surface area contributed by atoms with E-state index in [2.05, 4.69) is 46.4 Å². The molecule has 126 valence electrons. The first-order valence-electron chi connectivity index (χ1n) is 7.52. The summed E-state index contributed by atoms with van der Waals surface area (Å²) in [6, 6.07) is 1.93. The van der Waals surface area contributed by atoms with Crippen LogP contribution in [0.3, 0.4) is 0 Å². The Morgan fingerprint density at radius 1 is 1.17 bits per heavy atom. The highest BCUT2D eigenvalue weighted by Crippen LogP contribution is 2.22. The highest BCUT2D eigenvalue weighted by atomic mass is 32.1. The maximum absolute atomic E-state index is 5.21. The van der Waals surface area contributed by atoms with Crippen molar-refractivity contribution in [3.8, 4) is 0 Å². The molecule has 0 fully saturated rings. The molecule has 2 aromatic rings. The second kappa shape index (κ2) is 7.23. The fourth-order valence-electron chi connectivity index (χ4n) is 1.91. The monoisotopic (exact) mass is 335 g/mol. The van der Waals surface area contributed by atoms with Crippen LogP contribution in [-0.2, 0) is 23.3 Å². The third-order valence-electron chi connectivity index (χ3n) is 3.12. The molecule has 0 radical (unpaired) electrons. The Bertz CT molecular complexity index is 648. The van der Waals surface area contributed by atoms with Gasteiger partial charge in [0.05, 0.1) is 24.5 Å². The van der Waals surface area contributed by atoms with Crippen LogP contribution in [0.15, 0.2) is 11.4 Å². The molecule has 7 heteroatoms. The van der Waals surface area contributed by atoms with E-state index in [-0.39, 0.29) is 5.41 Å². The number of methoxy groups -OCH3 is 1. The molecule has 0 spiro atoms. The van der Waals surface area contributed by atoms with Crippen molar-refractivity contribution in [2.24, 2.45) is 0 Å². The van der Waals surface area contributed by atoms with E-state index in [0.29, 0.717) is 13.2 Å². The zero-order valence-electron chi connectivity index (χ0n) is 14.7. The van der Waals surface area contributed by atoms with Gasteiger partial charge in [0.25, 0.3) is 0 Å². The minimum Gasteiger partial charge on any atom is -0.378 e. The molecule has 0 bridgehead atoms. The van der Waals surface area contributed by atoms with Gasteiger partial charge in [-0.3, -0.25) is 0 Å². The number of nitrogens with zero attached hydrogens (tertiary/aromatic N) is 4. The lowest BCUT2D eigenvalue weighted by Crippen LogP contribution is -2.18. The molecule has 2 aromatic heterocycles. The van der Waals surface area contributed by atoms with E-state index in [4.69, 9.17) is 4.74 Å². The number of aromatic nitrogens is 3. The minimum atomic E-state index is -0.112. The van der Waals surface area contributed by atoms with Crippen molar-refractivity contribution in [3.63, 3.8) is 0 Å². The number of nitrogens with one attached hydrogen (secondary N) is 1. The summed E-state index contributed by atoms with van der Waals surface area (Å²) in [5.41, 5.74) is 1.77. The minimum absolute atomic E-state index is 0.112. The van der Waals surface area contributed by atoms with Crippen LogP contribution in [-0.4, -0.2) is 36.2 Å². The van der Waals surface area contributed by atoms with Crippen LogP contribution in [0.2, 0.25) is 0 Å². The van der Waals surface area contributed by atoms with Gasteiger partial charge in [0.2, 0.25) is 0 Å². The smallest absolute Gasteiger partial charge is 0.185 e. The van der Waals surface area contributed by atoms with Gasteiger partial charge in [-0.2, -0.15) is 0 Å². The van der Waals surface area contributed by atoms with Crippen molar-refractivity contribution < 1.29 is 4.74 Å². The second-order valence-electron chi connectivity index (χ2n) is 6.62. The Hall–Kier alpha value is -1.73. The van der Waals surface area contributed by atoms with Crippen molar-refractivity contribution in [2.75, 3.05) is 31.4 Å². The van der Waals surface area contributed by atoms with E-state index in [1.165, 1.54) is 0 Å². The highest BCUT2D eigenvalue weighted by molar-refractivity contribution is 7.13. The summed E-state index contributed by atoms with van der Waals surface area (Å²) < 4.78 is 5.21. The molecule has 0 aliphatic heterocycles. The molecule has 2 heterocycles. The first-order valence-corrected chi connectivity index (χ1v) is 8.40. The Labute approximate surface area is 141 Å². The largest absolute Gasteiger partial charge is 0.378 e. The Morgan fingerprint density at radius 3 is 2.48 bits per heavy atom. The van der Waals surface area contributed by atoms with Crippen LogP contribution >= 0.6 is 11.3 Å². The molecule has 0 aliphatic carbocycles. The predicted octanol–water partition coefficient (Wildman–Crippen LogP) is 3.06. The molecule has 23 heavy (non-hydrogen) atoms. The summed E-state index contributed by atoms with van der Waals surface area (Å²) in [5.74, 6) is 1.61. The van der Waals surface area contributed by atoms with Gasteiger partial charge < -0.3 is 15.0 Å².